The molecule has 2 heterocycles. The van der Waals surface area contributed by atoms with Gasteiger partial charge in [0.1, 0.15) is 11.3 Å². The van der Waals surface area contributed by atoms with Crippen molar-refractivity contribution in [1.82, 2.24) is 10.3 Å². The van der Waals surface area contributed by atoms with Gasteiger partial charge in [0.15, 0.2) is 5.75 Å². The quantitative estimate of drug-likeness (QED) is 0.739. The Balaban J connectivity index is 1.82. The van der Waals surface area contributed by atoms with Gasteiger partial charge < -0.3 is 4.74 Å². The molecule has 0 fully saturated rings. The van der Waals surface area contributed by atoms with Crippen LogP contribution in [0, 0.1) is 0 Å². The highest BCUT2D eigenvalue weighted by Gasteiger charge is 2.26. The molecule has 1 aliphatic rings. The Morgan fingerprint density at radius 3 is 2.65 bits per heavy atom. The van der Waals surface area contributed by atoms with Gasteiger partial charge in [-0.1, -0.05) is 30.3 Å². The summed E-state index contributed by atoms with van der Waals surface area (Å²) in [6.07, 6.45) is 1.87. The predicted molar refractivity (Wildman–Crippen MR) is 84.4 cm³/mol. The largest absolute Gasteiger partial charge is 0.454 e. The third kappa shape index (κ3) is 2.32. The minimum atomic E-state index is -0.431. The number of rotatable bonds is 2. The van der Waals surface area contributed by atoms with Gasteiger partial charge in [-0.25, -0.2) is 0 Å². The van der Waals surface area contributed by atoms with Gasteiger partial charge in [-0.3, -0.25) is 19.9 Å². The number of hydrogen-bond donors (Lipinski definition) is 1. The molecule has 0 atom stereocenters. The van der Waals surface area contributed by atoms with E-state index in [0.717, 1.165) is 10.9 Å². The summed E-state index contributed by atoms with van der Waals surface area (Å²) in [5.74, 6) is 0.262. The molecule has 23 heavy (non-hydrogen) atoms. The summed E-state index contributed by atoms with van der Waals surface area (Å²) in [4.78, 5) is 28.0. The number of carbonyl (C=O) groups excluding carboxylic acids is 2. The van der Waals surface area contributed by atoms with Gasteiger partial charge in [0.05, 0.1) is 12.0 Å². The monoisotopic (exact) mass is 304 g/mol. The second-order valence-electron chi connectivity index (χ2n) is 5.28. The molecule has 1 aliphatic heterocycles. The van der Waals surface area contributed by atoms with Gasteiger partial charge in [-0.15, -0.1) is 0 Å². The van der Waals surface area contributed by atoms with E-state index in [4.69, 9.17) is 4.74 Å². The summed E-state index contributed by atoms with van der Waals surface area (Å²) in [6.45, 7) is 0. The fraction of sp³-hybridized carbons (Fsp3) is 0.0556. The highest BCUT2D eigenvalue weighted by atomic mass is 16.5. The molecule has 0 aliphatic carbocycles. The zero-order valence-electron chi connectivity index (χ0n) is 12.1. The van der Waals surface area contributed by atoms with Crippen LogP contribution in [0.1, 0.15) is 15.9 Å². The number of nitrogens with one attached hydrogen (secondary N) is 1. The zero-order chi connectivity index (χ0) is 15.8. The third-order valence-electron chi connectivity index (χ3n) is 3.76. The molecule has 0 spiro atoms. The lowest BCUT2D eigenvalue weighted by atomic mass is 9.99. The van der Waals surface area contributed by atoms with Crippen molar-refractivity contribution in [2.45, 2.75) is 6.42 Å². The first-order chi connectivity index (χ1) is 11.2. The second kappa shape index (κ2) is 5.21. The van der Waals surface area contributed by atoms with E-state index < -0.39 is 5.91 Å². The molecule has 112 valence electrons. The molecule has 0 saturated heterocycles. The van der Waals surface area contributed by atoms with Gasteiger partial charge >= 0.3 is 0 Å². The number of pyridine rings is 1. The number of benzene rings is 2. The van der Waals surface area contributed by atoms with Crippen molar-refractivity contribution in [1.29, 1.82) is 0 Å². The molecule has 0 radical (unpaired) electrons. The van der Waals surface area contributed by atoms with E-state index in [1.165, 1.54) is 0 Å². The van der Waals surface area contributed by atoms with Crippen LogP contribution in [0.15, 0.2) is 54.7 Å². The lowest BCUT2D eigenvalue weighted by Crippen LogP contribution is -2.37. The minimum absolute atomic E-state index is 0.173. The summed E-state index contributed by atoms with van der Waals surface area (Å²) in [6, 6.07) is 14.7. The molecular weight excluding hydrogens is 292 g/mol. The molecule has 2 aromatic carbocycles. The molecule has 0 saturated carbocycles. The molecular formula is C18H12N2O3. The average Bonchev–Trinajstić information content (AvgIpc) is 2.55. The van der Waals surface area contributed by atoms with Crippen LogP contribution < -0.4 is 10.1 Å². The van der Waals surface area contributed by atoms with Crippen LogP contribution in [0.25, 0.3) is 10.9 Å². The third-order valence-corrected chi connectivity index (χ3v) is 3.76. The summed E-state index contributed by atoms with van der Waals surface area (Å²) in [5.41, 5.74) is 1.80. The number of ether oxygens (including phenoxy) is 1. The lowest BCUT2D eigenvalue weighted by molar-refractivity contribution is -0.119. The van der Waals surface area contributed by atoms with Crippen molar-refractivity contribution < 1.29 is 14.3 Å². The van der Waals surface area contributed by atoms with Crippen molar-refractivity contribution in [3.63, 3.8) is 0 Å². The van der Waals surface area contributed by atoms with Crippen molar-refractivity contribution in [2.24, 2.45) is 0 Å². The maximum atomic E-state index is 12.1. The zero-order valence-corrected chi connectivity index (χ0v) is 12.1. The Bertz CT molecular complexity index is 945. The maximum Gasteiger partial charge on any atom is 0.261 e. The molecule has 2 amide bonds. The van der Waals surface area contributed by atoms with Gasteiger partial charge in [0.2, 0.25) is 5.91 Å². The SMILES string of the molecule is O=C1Cc2cccc(Oc3cccc4cccnc34)c2C(=O)N1. The van der Waals surface area contributed by atoms with Crippen molar-refractivity contribution in [2.75, 3.05) is 0 Å². The first kappa shape index (κ1) is 13.5. The Morgan fingerprint density at radius 2 is 1.74 bits per heavy atom. The standard InChI is InChI=1S/C18H12N2O3/c21-15-10-12-5-2-7-13(16(12)18(22)20-15)23-14-8-1-4-11-6-3-9-19-17(11)14/h1-9H,10H2,(H,20,21,22). The first-order valence-electron chi connectivity index (χ1n) is 7.20. The highest BCUT2D eigenvalue weighted by Crippen LogP contribution is 2.32. The minimum Gasteiger partial charge on any atom is -0.454 e. The number of hydrogen-bond acceptors (Lipinski definition) is 4. The van der Waals surface area contributed by atoms with Gasteiger partial charge in [0, 0.05) is 11.6 Å². The number of amides is 2. The van der Waals surface area contributed by atoms with Crippen LogP contribution in [0.3, 0.4) is 0 Å². The lowest BCUT2D eigenvalue weighted by Gasteiger charge is -2.18. The fourth-order valence-corrected chi connectivity index (χ4v) is 2.75. The number of nitrogens with zero attached hydrogens (tertiary/aromatic N) is 1. The summed E-state index contributed by atoms with van der Waals surface area (Å²) in [7, 11) is 0. The number of aromatic nitrogens is 1. The summed E-state index contributed by atoms with van der Waals surface area (Å²) >= 11 is 0. The molecule has 1 N–H and O–H groups in total. The van der Waals surface area contributed by atoms with Crippen molar-refractivity contribution in [3.05, 3.63) is 65.9 Å². The molecule has 0 unspecified atom stereocenters. The van der Waals surface area contributed by atoms with Crippen LogP contribution in [-0.2, 0) is 11.2 Å². The van der Waals surface area contributed by atoms with Crippen LogP contribution in [-0.4, -0.2) is 16.8 Å². The van der Waals surface area contributed by atoms with Crippen LogP contribution in [0.4, 0.5) is 0 Å². The molecule has 3 aromatic rings. The smallest absolute Gasteiger partial charge is 0.261 e. The number of carbonyl (C=O) groups is 2. The highest BCUT2D eigenvalue weighted by molar-refractivity contribution is 6.11. The fourth-order valence-electron chi connectivity index (χ4n) is 2.75. The molecule has 0 bridgehead atoms. The van der Waals surface area contributed by atoms with Crippen molar-refractivity contribution >= 4 is 22.7 Å². The van der Waals surface area contributed by atoms with Gasteiger partial charge in [-0.05, 0) is 23.8 Å². The van der Waals surface area contributed by atoms with E-state index in [0.29, 0.717) is 22.6 Å². The van der Waals surface area contributed by atoms with E-state index in [2.05, 4.69) is 10.3 Å². The Hall–Kier alpha value is -3.21. The van der Waals surface area contributed by atoms with Crippen LogP contribution in [0.2, 0.25) is 0 Å². The van der Waals surface area contributed by atoms with Crippen molar-refractivity contribution in [3.8, 4) is 11.5 Å². The van der Waals surface area contributed by atoms with Crippen LogP contribution >= 0.6 is 0 Å². The Morgan fingerprint density at radius 1 is 0.957 bits per heavy atom. The molecule has 5 heteroatoms. The Kier molecular flexibility index (Phi) is 3.05. The first-order valence-corrected chi connectivity index (χ1v) is 7.20. The van der Waals surface area contributed by atoms with Gasteiger partial charge in [0.25, 0.3) is 5.91 Å². The van der Waals surface area contributed by atoms with E-state index in [1.807, 2.05) is 24.3 Å². The molecule has 5 nitrogen and oxygen atoms in total. The molecule has 1 aromatic heterocycles. The number of para-hydroxylation sites is 1. The van der Waals surface area contributed by atoms with Gasteiger partial charge in [-0.2, -0.15) is 0 Å². The second-order valence-corrected chi connectivity index (χ2v) is 5.28. The maximum absolute atomic E-state index is 12.1. The Labute approximate surface area is 131 Å². The predicted octanol–water partition coefficient (Wildman–Crippen LogP) is 2.84. The van der Waals surface area contributed by atoms with E-state index in [1.54, 1.807) is 30.5 Å². The van der Waals surface area contributed by atoms with E-state index in [9.17, 15) is 9.59 Å². The normalized spacial score (nSPS) is 13.6. The van der Waals surface area contributed by atoms with E-state index >= 15 is 0 Å². The molecule has 4 rings (SSSR count). The van der Waals surface area contributed by atoms with E-state index in [-0.39, 0.29) is 12.3 Å². The number of fused-ring (bicyclic) bond motifs is 2. The topological polar surface area (TPSA) is 68.3 Å². The summed E-state index contributed by atoms with van der Waals surface area (Å²) in [5, 5.41) is 3.28. The van der Waals surface area contributed by atoms with Crippen LogP contribution in [0.5, 0.6) is 11.5 Å². The number of imide groups is 1. The average molecular weight is 304 g/mol. The summed E-state index contributed by atoms with van der Waals surface area (Å²) < 4.78 is 5.96.